The molecule has 0 radical (unpaired) electrons. The van der Waals surface area contributed by atoms with E-state index in [0.717, 1.165) is 49.7 Å². The van der Waals surface area contributed by atoms with Gasteiger partial charge in [0.2, 0.25) is 0 Å². The standard InChI is InChI=1S/C23H38N4O2/c1-5-27(6-2)21(28)20-11-9-19(10-12-20)17-25-22(24-3)26-18-23(15-16-29-4)13-7-8-14-23/h9-12H,5-8,13-18H2,1-4H3,(H2,24,25,26). The Bertz CT molecular complexity index is 647. The average Bonchev–Trinajstić information content (AvgIpc) is 3.22. The number of guanidine groups is 1. The van der Waals surface area contributed by atoms with Gasteiger partial charge in [0.1, 0.15) is 0 Å². The molecular formula is C23H38N4O2. The van der Waals surface area contributed by atoms with E-state index in [1.165, 1.54) is 25.7 Å². The number of benzene rings is 1. The van der Waals surface area contributed by atoms with E-state index in [4.69, 9.17) is 4.74 Å². The van der Waals surface area contributed by atoms with Crippen LogP contribution in [0.15, 0.2) is 29.3 Å². The van der Waals surface area contributed by atoms with Crippen molar-refractivity contribution < 1.29 is 9.53 Å². The molecule has 29 heavy (non-hydrogen) atoms. The van der Waals surface area contributed by atoms with Crippen molar-refractivity contribution in [3.63, 3.8) is 0 Å². The monoisotopic (exact) mass is 402 g/mol. The van der Waals surface area contributed by atoms with Crippen LogP contribution in [0.5, 0.6) is 0 Å². The van der Waals surface area contributed by atoms with E-state index >= 15 is 0 Å². The maximum Gasteiger partial charge on any atom is 0.253 e. The largest absolute Gasteiger partial charge is 0.385 e. The van der Waals surface area contributed by atoms with Crippen molar-refractivity contribution in [2.24, 2.45) is 10.4 Å². The fraction of sp³-hybridized carbons (Fsp3) is 0.652. The van der Waals surface area contributed by atoms with Crippen molar-refractivity contribution in [1.82, 2.24) is 15.5 Å². The van der Waals surface area contributed by atoms with Crippen LogP contribution in [0, 0.1) is 5.41 Å². The summed E-state index contributed by atoms with van der Waals surface area (Å²) in [6.07, 6.45) is 6.20. The first-order valence-corrected chi connectivity index (χ1v) is 10.9. The number of carbonyl (C=O) groups is 1. The molecule has 2 N–H and O–H groups in total. The molecule has 0 saturated heterocycles. The molecule has 1 aliphatic rings. The number of carbonyl (C=O) groups excluding carboxylic acids is 1. The van der Waals surface area contributed by atoms with Crippen molar-refractivity contribution in [3.8, 4) is 0 Å². The molecular weight excluding hydrogens is 364 g/mol. The Kier molecular flexibility index (Phi) is 9.45. The maximum atomic E-state index is 12.4. The van der Waals surface area contributed by atoms with Gasteiger partial charge in [0.25, 0.3) is 5.91 Å². The lowest BCUT2D eigenvalue weighted by atomic mass is 9.83. The van der Waals surface area contributed by atoms with E-state index in [0.29, 0.717) is 12.0 Å². The van der Waals surface area contributed by atoms with Gasteiger partial charge in [-0.2, -0.15) is 0 Å². The highest BCUT2D eigenvalue weighted by Crippen LogP contribution is 2.40. The summed E-state index contributed by atoms with van der Waals surface area (Å²) in [5.74, 6) is 0.905. The maximum absolute atomic E-state index is 12.4. The van der Waals surface area contributed by atoms with Crippen LogP contribution in [0.2, 0.25) is 0 Å². The molecule has 6 nitrogen and oxygen atoms in total. The van der Waals surface area contributed by atoms with Gasteiger partial charge in [-0.3, -0.25) is 9.79 Å². The molecule has 1 amide bonds. The summed E-state index contributed by atoms with van der Waals surface area (Å²) in [6, 6.07) is 7.83. The molecule has 1 aromatic carbocycles. The normalized spacial score (nSPS) is 15.9. The van der Waals surface area contributed by atoms with Gasteiger partial charge in [-0.1, -0.05) is 25.0 Å². The highest BCUT2D eigenvalue weighted by atomic mass is 16.5. The minimum atomic E-state index is 0.0879. The second-order valence-corrected chi connectivity index (χ2v) is 7.90. The van der Waals surface area contributed by atoms with E-state index in [1.54, 1.807) is 14.2 Å². The smallest absolute Gasteiger partial charge is 0.253 e. The molecule has 1 fully saturated rings. The van der Waals surface area contributed by atoms with E-state index in [-0.39, 0.29) is 5.91 Å². The van der Waals surface area contributed by atoms with Crippen LogP contribution in [-0.4, -0.2) is 57.2 Å². The third kappa shape index (κ3) is 6.74. The van der Waals surface area contributed by atoms with Crippen LogP contribution in [-0.2, 0) is 11.3 Å². The minimum absolute atomic E-state index is 0.0879. The predicted molar refractivity (Wildman–Crippen MR) is 119 cm³/mol. The number of methoxy groups -OCH3 is 1. The summed E-state index contributed by atoms with van der Waals surface area (Å²) in [7, 11) is 3.58. The Labute approximate surface area is 176 Å². The second-order valence-electron chi connectivity index (χ2n) is 7.90. The summed E-state index contributed by atoms with van der Waals surface area (Å²) in [4.78, 5) is 18.6. The molecule has 0 atom stereocenters. The lowest BCUT2D eigenvalue weighted by molar-refractivity contribution is 0.0773. The third-order valence-corrected chi connectivity index (χ3v) is 6.07. The first-order chi connectivity index (χ1) is 14.1. The average molecular weight is 403 g/mol. The van der Waals surface area contributed by atoms with Gasteiger partial charge in [-0.05, 0) is 56.2 Å². The number of amides is 1. The van der Waals surface area contributed by atoms with Gasteiger partial charge in [-0.25, -0.2) is 0 Å². The predicted octanol–water partition coefficient (Wildman–Crippen LogP) is 3.43. The Morgan fingerprint density at radius 2 is 1.79 bits per heavy atom. The van der Waals surface area contributed by atoms with Gasteiger partial charge in [0, 0.05) is 52.5 Å². The summed E-state index contributed by atoms with van der Waals surface area (Å²) in [5.41, 5.74) is 2.18. The summed E-state index contributed by atoms with van der Waals surface area (Å²) in [5, 5.41) is 6.90. The van der Waals surface area contributed by atoms with E-state index in [9.17, 15) is 4.79 Å². The lowest BCUT2D eigenvalue weighted by Crippen LogP contribution is -2.43. The second kappa shape index (κ2) is 11.8. The van der Waals surface area contributed by atoms with Crippen molar-refractivity contribution in [3.05, 3.63) is 35.4 Å². The first kappa shape index (κ1) is 23.2. The van der Waals surface area contributed by atoms with Crippen molar-refractivity contribution >= 4 is 11.9 Å². The highest BCUT2D eigenvalue weighted by molar-refractivity contribution is 5.94. The van der Waals surface area contributed by atoms with Crippen LogP contribution >= 0.6 is 0 Å². The van der Waals surface area contributed by atoms with Gasteiger partial charge >= 0.3 is 0 Å². The Balaban J connectivity index is 1.86. The SMILES string of the molecule is CCN(CC)C(=O)c1ccc(CNC(=NC)NCC2(CCOC)CCCC2)cc1. The number of hydrogen-bond donors (Lipinski definition) is 2. The molecule has 0 bridgehead atoms. The van der Waals surface area contributed by atoms with Crippen LogP contribution < -0.4 is 10.6 Å². The van der Waals surface area contributed by atoms with Gasteiger partial charge < -0.3 is 20.3 Å². The van der Waals surface area contributed by atoms with Gasteiger partial charge in [0.05, 0.1) is 0 Å². The Morgan fingerprint density at radius 3 is 2.34 bits per heavy atom. The van der Waals surface area contributed by atoms with Crippen LogP contribution in [0.25, 0.3) is 0 Å². The number of rotatable bonds is 10. The summed E-state index contributed by atoms with van der Waals surface area (Å²) in [6.45, 7) is 7.87. The number of nitrogens with zero attached hydrogens (tertiary/aromatic N) is 2. The summed E-state index contributed by atoms with van der Waals surface area (Å²) < 4.78 is 5.32. The zero-order valence-electron chi connectivity index (χ0n) is 18.6. The zero-order valence-corrected chi connectivity index (χ0v) is 18.6. The number of ether oxygens (including phenoxy) is 1. The summed E-state index contributed by atoms with van der Waals surface area (Å²) >= 11 is 0. The van der Waals surface area contributed by atoms with Crippen molar-refractivity contribution in [2.45, 2.75) is 52.5 Å². The lowest BCUT2D eigenvalue weighted by Gasteiger charge is -2.30. The molecule has 0 aromatic heterocycles. The first-order valence-electron chi connectivity index (χ1n) is 10.9. The van der Waals surface area contributed by atoms with Crippen molar-refractivity contribution in [2.75, 3.05) is 40.4 Å². The number of aliphatic imine (C=N–C) groups is 1. The quantitative estimate of drug-likeness (QED) is 0.465. The third-order valence-electron chi connectivity index (χ3n) is 6.07. The minimum Gasteiger partial charge on any atom is -0.385 e. The Hall–Kier alpha value is -2.08. The Morgan fingerprint density at radius 1 is 1.14 bits per heavy atom. The van der Waals surface area contributed by atoms with Crippen molar-refractivity contribution in [1.29, 1.82) is 0 Å². The molecule has 1 aromatic rings. The van der Waals surface area contributed by atoms with E-state index in [1.807, 2.05) is 43.0 Å². The fourth-order valence-corrected chi connectivity index (χ4v) is 4.09. The number of nitrogens with one attached hydrogen (secondary N) is 2. The topological polar surface area (TPSA) is 66.0 Å². The van der Waals surface area contributed by atoms with Crippen LogP contribution in [0.4, 0.5) is 0 Å². The van der Waals surface area contributed by atoms with E-state index in [2.05, 4.69) is 15.6 Å². The van der Waals surface area contributed by atoms with Crippen LogP contribution in [0.3, 0.4) is 0 Å². The molecule has 6 heteroatoms. The molecule has 1 aliphatic carbocycles. The van der Waals surface area contributed by atoms with Crippen LogP contribution in [0.1, 0.15) is 61.9 Å². The fourth-order valence-electron chi connectivity index (χ4n) is 4.09. The van der Waals surface area contributed by atoms with Gasteiger partial charge in [-0.15, -0.1) is 0 Å². The molecule has 1 saturated carbocycles. The van der Waals surface area contributed by atoms with Gasteiger partial charge in [0.15, 0.2) is 5.96 Å². The zero-order chi connectivity index (χ0) is 21.1. The molecule has 0 unspecified atom stereocenters. The molecule has 0 spiro atoms. The van der Waals surface area contributed by atoms with E-state index < -0.39 is 0 Å². The number of hydrogen-bond acceptors (Lipinski definition) is 3. The molecule has 0 heterocycles. The highest BCUT2D eigenvalue weighted by Gasteiger charge is 2.33. The molecule has 162 valence electrons. The molecule has 0 aliphatic heterocycles. The molecule has 2 rings (SSSR count).